The minimum absolute atomic E-state index is 0.0332. The fourth-order valence-electron chi connectivity index (χ4n) is 3.32. The van der Waals surface area contributed by atoms with Crippen molar-refractivity contribution in [1.29, 1.82) is 0 Å². The van der Waals surface area contributed by atoms with Gasteiger partial charge in [0, 0.05) is 12.1 Å². The molecule has 3 aromatic rings. The van der Waals surface area contributed by atoms with Crippen molar-refractivity contribution in [2.75, 3.05) is 11.5 Å². The zero-order valence-electron chi connectivity index (χ0n) is 15.1. The molecule has 1 aromatic carbocycles. The molecule has 29 heavy (non-hydrogen) atoms. The van der Waals surface area contributed by atoms with E-state index in [-0.39, 0.29) is 35.3 Å². The van der Waals surface area contributed by atoms with Crippen molar-refractivity contribution in [2.24, 2.45) is 0 Å². The number of amides is 1. The molecule has 0 aliphatic carbocycles. The number of rotatable bonds is 5. The lowest BCUT2D eigenvalue weighted by Gasteiger charge is -2.12. The van der Waals surface area contributed by atoms with E-state index in [2.05, 4.69) is 10.4 Å². The molecule has 0 radical (unpaired) electrons. The number of sulfone groups is 1. The second kappa shape index (κ2) is 7.68. The van der Waals surface area contributed by atoms with Crippen molar-refractivity contribution >= 4 is 27.1 Å². The van der Waals surface area contributed by atoms with E-state index < -0.39 is 27.4 Å². The van der Waals surface area contributed by atoms with Gasteiger partial charge in [0.2, 0.25) is 0 Å². The van der Waals surface area contributed by atoms with E-state index >= 15 is 0 Å². The number of hydrogen-bond acceptors (Lipinski definition) is 5. The first kappa shape index (κ1) is 19.7. The number of aromatic nitrogens is 2. The van der Waals surface area contributed by atoms with Crippen LogP contribution < -0.4 is 5.32 Å². The van der Waals surface area contributed by atoms with Crippen LogP contribution in [-0.4, -0.2) is 35.6 Å². The van der Waals surface area contributed by atoms with Crippen LogP contribution in [0.3, 0.4) is 0 Å². The van der Waals surface area contributed by atoms with Gasteiger partial charge in [-0.1, -0.05) is 12.1 Å². The molecule has 0 bridgehead atoms. The molecule has 1 aliphatic heterocycles. The van der Waals surface area contributed by atoms with Gasteiger partial charge in [0.15, 0.2) is 15.5 Å². The molecular weight excluding hydrogens is 420 g/mol. The summed E-state index contributed by atoms with van der Waals surface area (Å²) in [6.45, 7) is -0.323. The summed E-state index contributed by atoms with van der Waals surface area (Å²) in [5.74, 6) is -2.04. The number of thiophene rings is 1. The van der Waals surface area contributed by atoms with Crippen molar-refractivity contribution in [1.82, 2.24) is 15.1 Å². The molecule has 2 aromatic heterocycles. The minimum Gasteiger partial charge on any atom is -0.346 e. The van der Waals surface area contributed by atoms with Crippen LogP contribution in [0.5, 0.6) is 0 Å². The monoisotopic (exact) mass is 437 g/mol. The molecular formula is C19H17F2N3O3S2. The van der Waals surface area contributed by atoms with E-state index in [0.717, 1.165) is 17.0 Å². The molecule has 1 amide bonds. The summed E-state index contributed by atoms with van der Waals surface area (Å²) in [4.78, 5) is 13.4. The molecule has 1 atom stereocenters. The van der Waals surface area contributed by atoms with E-state index in [1.54, 1.807) is 10.7 Å². The number of nitrogens with one attached hydrogen (secondary N) is 1. The van der Waals surface area contributed by atoms with Gasteiger partial charge in [-0.3, -0.25) is 9.48 Å². The van der Waals surface area contributed by atoms with Gasteiger partial charge in [-0.25, -0.2) is 17.2 Å². The first-order valence-corrected chi connectivity index (χ1v) is 11.6. The van der Waals surface area contributed by atoms with Crippen LogP contribution in [0.1, 0.15) is 28.5 Å². The van der Waals surface area contributed by atoms with Crippen LogP contribution in [0.15, 0.2) is 41.8 Å². The highest BCUT2D eigenvalue weighted by Gasteiger charge is 2.32. The quantitative estimate of drug-likeness (QED) is 0.665. The van der Waals surface area contributed by atoms with Crippen molar-refractivity contribution in [3.8, 4) is 10.6 Å². The van der Waals surface area contributed by atoms with Crippen LogP contribution in [0, 0.1) is 11.6 Å². The van der Waals surface area contributed by atoms with Crippen molar-refractivity contribution in [3.63, 3.8) is 0 Å². The number of halogens is 2. The Morgan fingerprint density at radius 2 is 2.00 bits per heavy atom. The van der Waals surface area contributed by atoms with Crippen LogP contribution in [0.4, 0.5) is 8.78 Å². The third-order valence-electron chi connectivity index (χ3n) is 4.78. The molecule has 1 saturated heterocycles. The van der Waals surface area contributed by atoms with Crippen LogP contribution in [0.2, 0.25) is 0 Å². The highest BCUT2D eigenvalue weighted by molar-refractivity contribution is 7.91. The van der Waals surface area contributed by atoms with Gasteiger partial charge < -0.3 is 5.32 Å². The normalized spacial score (nSPS) is 18.1. The lowest BCUT2D eigenvalue weighted by atomic mass is 10.2. The SMILES string of the molecule is O=C(NCc1c(F)cccc1F)c1cc(-c2cccs2)n(C2CCS(=O)(=O)C2)n1. The molecule has 4 rings (SSSR count). The average molecular weight is 437 g/mol. The standard InChI is InChI=1S/C19H17F2N3O3S2/c20-14-3-1-4-15(21)13(14)10-22-19(25)16-9-17(18-5-2-7-28-18)24(23-16)12-6-8-29(26,27)11-12/h1-5,7,9,12H,6,8,10-11H2,(H,22,25). The summed E-state index contributed by atoms with van der Waals surface area (Å²) in [6.07, 6.45) is 0.421. The van der Waals surface area contributed by atoms with Gasteiger partial charge in [0.25, 0.3) is 5.91 Å². The van der Waals surface area contributed by atoms with Gasteiger partial charge in [0.1, 0.15) is 11.6 Å². The first-order chi connectivity index (χ1) is 13.8. The van der Waals surface area contributed by atoms with Gasteiger partial charge in [-0.2, -0.15) is 5.10 Å². The maximum Gasteiger partial charge on any atom is 0.272 e. The number of hydrogen-bond donors (Lipinski definition) is 1. The van der Waals surface area contributed by atoms with E-state index in [9.17, 15) is 22.0 Å². The molecule has 0 spiro atoms. The fraction of sp³-hybridized carbons (Fsp3) is 0.263. The number of nitrogens with zero attached hydrogens (tertiary/aromatic N) is 2. The summed E-state index contributed by atoms with van der Waals surface area (Å²) >= 11 is 1.45. The summed E-state index contributed by atoms with van der Waals surface area (Å²) in [7, 11) is -3.14. The fourth-order valence-corrected chi connectivity index (χ4v) is 5.75. The van der Waals surface area contributed by atoms with E-state index in [4.69, 9.17) is 0 Å². The molecule has 1 aliphatic rings. The predicted octanol–water partition coefficient (Wildman–Crippen LogP) is 3.18. The topological polar surface area (TPSA) is 81.1 Å². The highest BCUT2D eigenvalue weighted by atomic mass is 32.2. The van der Waals surface area contributed by atoms with Crippen LogP contribution in [0.25, 0.3) is 10.6 Å². The van der Waals surface area contributed by atoms with Crippen molar-refractivity contribution < 1.29 is 22.0 Å². The third kappa shape index (κ3) is 4.08. The largest absolute Gasteiger partial charge is 0.346 e. The summed E-state index contributed by atoms with van der Waals surface area (Å²) in [5, 5.41) is 8.68. The molecule has 10 heteroatoms. The van der Waals surface area contributed by atoms with Gasteiger partial charge in [-0.05, 0) is 36.1 Å². The van der Waals surface area contributed by atoms with E-state index in [1.807, 2.05) is 17.5 Å². The molecule has 0 saturated carbocycles. The smallest absolute Gasteiger partial charge is 0.272 e. The Kier molecular flexibility index (Phi) is 5.22. The zero-order valence-corrected chi connectivity index (χ0v) is 16.8. The molecule has 1 unspecified atom stereocenters. The number of carbonyl (C=O) groups is 1. The highest BCUT2D eigenvalue weighted by Crippen LogP contribution is 2.32. The molecule has 1 fully saturated rings. The molecule has 3 heterocycles. The Morgan fingerprint density at radius 1 is 1.24 bits per heavy atom. The van der Waals surface area contributed by atoms with E-state index in [0.29, 0.717) is 12.1 Å². The third-order valence-corrected chi connectivity index (χ3v) is 7.43. The molecule has 1 N–H and O–H groups in total. The average Bonchev–Trinajstić information content (AvgIpc) is 3.39. The van der Waals surface area contributed by atoms with Crippen LogP contribution in [-0.2, 0) is 16.4 Å². The van der Waals surface area contributed by atoms with Gasteiger partial charge in [-0.15, -0.1) is 11.3 Å². The van der Waals surface area contributed by atoms with Gasteiger partial charge >= 0.3 is 0 Å². The van der Waals surface area contributed by atoms with Gasteiger partial charge in [0.05, 0.1) is 28.1 Å². The van der Waals surface area contributed by atoms with Crippen molar-refractivity contribution in [3.05, 3.63) is 64.7 Å². The zero-order chi connectivity index (χ0) is 20.6. The Labute approximate surface area is 170 Å². The Bertz CT molecular complexity index is 1140. The first-order valence-electron chi connectivity index (χ1n) is 8.89. The second-order valence-corrected chi connectivity index (χ2v) is 9.95. The second-order valence-electron chi connectivity index (χ2n) is 6.78. The summed E-state index contributed by atoms with van der Waals surface area (Å²) in [5.41, 5.74) is 0.472. The Balaban J connectivity index is 1.61. The van der Waals surface area contributed by atoms with E-state index in [1.165, 1.54) is 17.4 Å². The maximum absolute atomic E-state index is 13.8. The molecule has 152 valence electrons. The Morgan fingerprint density at radius 3 is 2.62 bits per heavy atom. The number of benzene rings is 1. The summed E-state index contributed by atoms with van der Waals surface area (Å²) < 4.78 is 52.9. The van der Waals surface area contributed by atoms with Crippen molar-refractivity contribution in [2.45, 2.75) is 19.0 Å². The molecule has 6 nitrogen and oxygen atoms in total. The minimum atomic E-state index is -3.14. The number of carbonyl (C=O) groups excluding carboxylic acids is 1. The maximum atomic E-state index is 13.8. The lowest BCUT2D eigenvalue weighted by molar-refractivity contribution is 0.0944. The van der Waals surface area contributed by atoms with Crippen LogP contribution >= 0.6 is 11.3 Å². The lowest BCUT2D eigenvalue weighted by Crippen LogP contribution is -2.25. The predicted molar refractivity (Wildman–Crippen MR) is 105 cm³/mol. The summed E-state index contributed by atoms with van der Waals surface area (Å²) in [6, 6.07) is 8.41. The Hall–Kier alpha value is -2.59.